The Bertz CT molecular complexity index is 1260. The van der Waals surface area contributed by atoms with Crippen LogP contribution in [0.3, 0.4) is 0 Å². The topological polar surface area (TPSA) is 124 Å². The molecule has 0 aliphatic carbocycles. The van der Waals surface area contributed by atoms with Crippen LogP contribution in [0.4, 0.5) is 11.5 Å². The lowest BCUT2D eigenvalue weighted by atomic mass is 9.82. The molecular formula is C24H21N5O4. The number of ketones is 1. The molecule has 4 aromatic rings. The zero-order valence-electron chi connectivity index (χ0n) is 18.0. The van der Waals surface area contributed by atoms with Crippen molar-refractivity contribution in [3.63, 3.8) is 0 Å². The summed E-state index contributed by atoms with van der Waals surface area (Å²) in [7, 11) is 0. The lowest BCUT2D eigenvalue weighted by molar-refractivity contribution is -0.385. The molecule has 9 nitrogen and oxygen atoms in total. The molecule has 166 valence electrons. The Morgan fingerprint density at radius 2 is 1.70 bits per heavy atom. The molecule has 2 unspecified atom stereocenters. The fraction of sp³-hybridized carbons (Fsp3) is 0.167. The number of aromatic nitrogens is 3. The molecule has 0 radical (unpaired) electrons. The van der Waals surface area contributed by atoms with Crippen LogP contribution in [0.2, 0.25) is 0 Å². The number of nitrogens with zero attached hydrogens (tertiary/aromatic N) is 4. The second-order valence-corrected chi connectivity index (χ2v) is 7.45. The maximum Gasteiger partial charge on any atom is 0.274 e. The molecule has 0 saturated heterocycles. The van der Waals surface area contributed by atoms with Crippen LogP contribution in [0.5, 0.6) is 0 Å². The van der Waals surface area contributed by atoms with Crippen LogP contribution in [-0.4, -0.2) is 25.8 Å². The monoisotopic (exact) mass is 443 g/mol. The van der Waals surface area contributed by atoms with Gasteiger partial charge in [0.15, 0.2) is 5.78 Å². The zero-order valence-corrected chi connectivity index (χ0v) is 18.0. The van der Waals surface area contributed by atoms with E-state index in [0.29, 0.717) is 34.1 Å². The summed E-state index contributed by atoms with van der Waals surface area (Å²) >= 11 is 0. The van der Waals surface area contributed by atoms with Crippen LogP contribution in [0.15, 0.2) is 77.6 Å². The minimum atomic E-state index is -0.925. The van der Waals surface area contributed by atoms with Crippen LogP contribution >= 0.6 is 0 Å². The number of pyridine rings is 2. The van der Waals surface area contributed by atoms with E-state index in [0.717, 1.165) is 0 Å². The van der Waals surface area contributed by atoms with Gasteiger partial charge in [0, 0.05) is 18.5 Å². The number of nitro benzene ring substituents is 1. The number of nitro groups is 1. The number of carbonyl (C=O) groups is 1. The predicted octanol–water partition coefficient (Wildman–Crippen LogP) is 4.81. The van der Waals surface area contributed by atoms with Gasteiger partial charge in [0.25, 0.3) is 5.69 Å². The molecule has 1 aromatic carbocycles. The zero-order chi connectivity index (χ0) is 23.4. The van der Waals surface area contributed by atoms with Gasteiger partial charge in [-0.1, -0.05) is 35.5 Å². The number of nitrogens with one attached hydrogen (secondary N) is 1. The van der Waals surface area contributed by atoms with Gasteiger partial charge < -0.3 is 9.84 Å². The Labute approximate surface area is 189 Å². The van der Waals surface area contributed by atoms with E-state index < -0.39 is 16.9 Å². The molecule has 0 amide bonds. The lowest BCUT2D eigenvalue weighted by Crippen LogP contribution is -2.28. The van der Waals surface area contributed by atoms with Crippen molar-refractivity contribution in [3.05, 3.63) is 111 Å². The van der Waals surface area contributed by atoms with E-state index in [9.17, 15) is 14.9 Å². The molecule has 3 aromatic heterocycles. The minimum Gasteiger partial charge on any atom is -0.362 e. The smallest absolute Gasteiger partial charge is 0.274 e. The molecule has 0 saturated carbocycles. The van der Waals surface area contributed by atoms with Crippen molar-refractivity contribution in [2.45, 2.75) is 25.8 Å². The summed E-state index contributed by atoms with van der Waals surface area (Å²) in [5.41, 5.74) is 1.45. The third kappa shape index (κ3) is 4.47. The maximum atomic E-state index is 14.0. The van der Waals surface area contributed by atoms with E-state index in [1.165, 1.54) is 6.07 Å². The van der Waals surface area contributed by atoms with Gasteiger partial charge >= 0.3 is 0 Å². The van der Waals surface area contributed by atoms with Crippen LogP contribution < -0.4 is 5.32 Å². The van der Waals surface area contributed by atoms with Crippen molar-refractivity contribution in [3.8, 4) is 0 Å². The number of para-hydroxylation sites is 1. The van der Waals surface area contributed by atoms with Crippen LogP contribution in [0.25, 0.3) is 0 Å². The second kappa shape index (κ2) is 9.39. The summed E-state index contributed by atoms with van der Waals surface area (Å²) in [5, 5.41) is 19.0. The number of aryl methyl sites for hydroxylation is 2. The molecule has 4 rings (SSSR count). The molecule has 0 aliphatic rings. The van der Waals surface area contributed by atoms with Gasteiger partial charge in [-0.15, -0.1) is 0 Å². The van der Waals surface area contributed by atoms with Gasteiger partial charge in [0.2, 0.25) is 0 Å². The lowest BCUT2D eigenvalue weighted by Gasteiger charge is -2.27. The van der Waals surface area contributed by atoms with Crippen molar-refractivity contribution >= 4 is 17.3 Å². The Kier molecular flexibility index (Phi) is 6.21. The molecule has 2 atom stereocenters. The average molecular weight is 443 g/mol. The summed E-state index contributed by atoms with van der Waals surface area (Å²) in [6.07, 6.45) is 3.19. The second-order valence-electron chi connectivity index (χ2n) is 7.45. The van der Waals surface area contributed by atoms with Crippen molar-refractivity contribution < 1.29 is 14.2 Å². The first-order valence-electron chi connectivity index (χ1n) is 10.3. The van der Waals surface area contributed by atoms with E-state index in [4.69, 9.17) is 4.52 Å². The van der Waals surface area contributed by atoms with Crippen molar-refractivity contribution in [2.24, 2.45) is 0 Å². The largest absolute Gasteiger partial charge is 0.362 e. The highest BCUT2D eigenvalue weighted by atomic mass is 16.6. The van der Waals surface area contributed by atoms with Gasteiger partial charge in [-0.3, -0.25) is 19.9 Å². The molecule has 0 aliphatic heterocycles. The first-order chi connectivity index (χ1) is 16.0. The standard InChI is InChI=1S/C24H21N5O4/c1-15-21(16(2)33-28-15)24(30)22(18-10-5-7-13-25-18)23(27-20-12-6-8-14-26-20)17-9-3-4-11-19(17)29(31)32/h3-14,22-23H,1-2H3,(H,26,27). The first kappa shape index (κ1) is 21.8. The summed E-state index contributed by atoms with van der Waals surface area (Å²) in [6, 6.07) is 16.0. The van der Waals surface area contributed by atoms with Gasteiger partial charge in [-0.25, -0.2) is 4.98 Å². The van der Waals surface area contributed by atoms with Gasteiger partial charge in [0.05, 0.1) is 39.4 Å². The molecule has 0 fully saturated rings. The number of hydrogen-bond donors (Lipinski definition) is 1. The van der Waals surface area contributed by atoms with Crippen LogP contribution in [0.1, 0.15) is 45.0 Å². The summed E-state index contributed by atoms with van der Waals surface area (Å²) in [5.74, 6) is -0.395. The molecule has 1 N–H and O–H groups in total. The fourth-order valence-electron chi connectivity index (χ4n) is 3.87. The molecule has 0 bridgehead atoms. The quantitative estimate of drug-likeness (QED) is 0.234. The molecule has 3 heterocycles. The average Bonchev–Trinajstić information content (AvgIpc) is 3.17. The van der Waals surface area contributed by atoms with Crippen molar-refractivity contribution in [2.75, 3.05) is 5.32 Å². The minimum absolute atomic E-state index is 0.113. The van der Waals surface area contributed by atoms with Gasteiger partial charge in [-0.05, 0) is 38.1 Å². The Morgan fingerprint density at radius 1 is 1.00 bits per heavy atom. The van der Waals surface area contributed by atoms with E-state index in [2.05, 4.69) is 20.4 Å². The molecular weight excluding hydrogens is 422 g/mol. The maximum absolute atomic E-state index is 14.0. The normalized spacial score (nSPS) is 12.7. The SMILES string of the molecule is Cc1noc(C)c1C(=O)C(c1ccccn1)C(Nc1ccccn1)c1ccccc1[N+](=O)[O-]. The summed E-state index contributed by atoms with van der Waals surface area (Å²) in [4.78, 5) is 34.1. The number of anilines is 1. The van der Waals surface area contributed by atoms with Crippen molar-refractivity contribution in [1.29, 1.82) is 0 Å². The number of Topliss-reactive ketones (excluding diaryl/α,β-unsaturated/α-hetero) is 1. The molecule has 9 heteroatoms. The van der Waals surface area contributed by atoms with E-state index >= 15 is 0 Å². The predicted molar refractivity (Wildman–Crippen MR) is 121 cm³/mol. The summed E-state index contributed by atoms with van der Waals surface area (Å²) < 4.78 is 5.24. The van der Waals surface area contributed by atoms with E-state index in [-0.39, 0.29) is 11.5 Å². The van der Waals surface area contributed by atoms with Gasteiger partial charge in [-0.2, -0.15) is 0 Å². The fourth-order valence-corrected chi connectivity index (χ4v) is 3.87. The Balaban J connectivity index is 1.94. The number of benzene rings is 1. The highest BCUT2D eigenvalue weighted by molar-refractivity contribution is 6.03. The van der Waals surface area contributed by atoms with Crippen LogP contribution in [-0.2, 0) is 0 Å². The highest BCUT2D eigenvalue weighted by Gasteiger charge is 2.38. The van der Waals surface area contributed by atoms with Crippen molar-refractivity contribution in [1.82, 2.24) is 15.1 Å². The van der Waals surface area contributed by atoms with E-state index in [1.807, 2.05) is 0 Å². The van der Waals surface area contributed by atoms with Crippen LogP contribution in [0, 0.1) is 24.0 Å². The molecule has 33 heavy (non-hydrogen) atoms. The first-order valence-corrected chi connectivity index (χ1v) is 10.3. The van der Waals surface area contributed by atoms with E-state index in [1.54, 1.807) is 80.8 Å². The Morgan fingerprint density at radius 3 is 2.30 bits per heavy atom. The van der Waals surface area contributed by atoms with Gasteiger partial charge in [0.1, 0.15) is 11.6 Å². The molecule has 0 spiro atoms. The third-order valence-corrected chi connectivity index (χ3v) is 5.34. The third-order valence-electron chi connectivity index (χ3n) is 5.34. The number of hydrogen-bond acceptors (Lipinski definition) is 8. The number of rotatable bonds is 8. The summed E-state index contributed by atoms with van der Waals surface area (Å²) in [6.45, 7) is 3.35. The highest BCUT2D eigenvalue weighted by Crippen LogP contribution is 2.40. The Hall–Kier alpha value is -4.40. The number of carbonyl (C=O) groups excluding carboxylic acids is 1.